The molecule has 0 aliphatic heterocycles. The lowest BCUT2D eigenvalue weighted by Gasteiger charge is -2.12. The first kappa shape index (κ1) is 18.5. The highest BCUT2D eigenvalue weighted by Crippen LogP contribution is 2.28. The number of hydrogen-bond donors (Lipinski definition) is 2. The number of carbonyl (C=O) groups is 1. The van der Waals surface area contributed by atoms with Gasteiger partial charge in [-0.2, -0.15) is 0 Å². The van der Waals surface area contributed by atoms with Crippen molar-refractivity contribution in [2.75, 3.05) is 7.11 Å². The summed E-state index contributed by atoms with van der Waals surface area (Å²) in [5, 5.41) is 20.2. The van der Waals surface area contributed by atoms with E-state index in [4.69, 9.17) is 9.15 Å². The van der Waals surface area contributed by atoms with E-state index in [2.05, 4.69) is 0 Å². The highest BCUT2D eigenvalue weighted by Gasteiger charge is 2.36. The summed E-state index contributed by atoms with van der Waals surface area (Å²) in [5.74, 6) is -1.20. The number of ether oxygens (including phenoxy) is 1. The monoisotopic (exact) mass is 373 g/mol. The molecular formula is C19H21N2O6+. The minimum absolute atomic E-state index is 0.154. The van der Waals surface area contributed by atoms with Crippen molar-refractivity contribution in [2.24, 2.45) is 7.05 Å². The molecule has 0 unspecified atom stereocenters. The Morgan fingerprint density at radius 2 is 2.07 bits per heavy atom. The molecule has 8 heteroatoms. The number of hydrogen-bond acceptors (Lipinski definition) is 5. The molecule has 1 atom stereocenters. The van der Waals surface area contributed by atoms with E-state index < -0.39 is 11.9 Å². The maximum Gasteiger partial charge on any atom is 0.304 e. The number of aliphatic carboxylic acids is 1. The van der Waals surface area contributed by atoms with E-state index in [0.717, 1.165) is 10.4 Å². The average Bonchev–Trinajstić information content (AvgIpc) is 2.83. The van der Waals surface area contributed by atoms with Crippen LogP contribution in [0.5, 0.6) is 5.75 Å². The third-order valence-electron chi connectivity index (χ3n) is 4.98. The second-order valence-corrected chi connectivity index (χ2v) is 6.43. The van der Waals surface area contributed by atoms with Gasteiger partial charge in [0.25, 0.3) is 0 Å². The first-order valence-electron chi connectivity index (χ1n) is 8.34. The maximum absolute atomic E-state index is 13.1. The van der Waals surface area contributed by atoms with Gasteiger partial charge < -0.3 is 19.5 Å². The molecule has 3 aromatic rings. The molecule has 2 heterocycles. The van der Waals surface area contributed by atoms with Gasteiger partial charge in [-0.15, -0.1) is 0 Å². The number of aromatic nitrogens is 2. The lowest BCUT2D eigenvalue weighted by Crippen LogP contribution is -2.38. The standard InChI is InChI=1S/C19H20N2O6/c1-10-11(2)21(25)19(20(10)3)13(8-17(22)23)15-9-27-16-6-5-12(26-4)7-14(16)18(15)24/h5-7,9,13H,8H2,1-4H3,(H-,22,23,25)/p+1/t13-/m1/s1. The lowest BCUT2D eigenvalue weighted by atomic mass is 9.95. The molecule has 2 aromatic heterocycles. The van der Waals surface area contributed by atoms with E-state index in [9.17, 15) is 19.9 Å². The second-order valence-electron chi connectivity index (χ2n) is 6.43. The highest BCUT2D eigenvalue weighted by atomic mass is 16.5. The number of methoxy groups -OCH3 is 1. The Morgan fingerprint density at radius 1 is 1.37 bits per heavy atom. The van der Waals surface area contributed by atoms with Crippen LogP contribution in [-0.2, 0) is 11.8 Å². The van der Waals surface area contributed by atoms with Crippen LogP contribution in [0.25, 0.3) is 11.0 Å². The summed E-state index contributed by atoms with van der Waals surface area (Å²) in [6.45, 7) is 3.52. The summed E-state index contributed by atoms with van der Waals surface area (Å²) in [6, 6.07) is 4.84. The number of nitrogens with zero attached hydrogens (tertiary/aromatic N) is 2. The fraction of sp³-hybridized carbons (Fsp3) is 0.316. The molecule has 3 rings (SSSR count). The van der Waals surface area contributed by atoms with Crippen molar-refractivity contribution in [3.63, 3.8) is 0 Å². The Kier molecular flexibility index (Phi) is 4.65. The van der Waals surface area contributed by atoms with Crippen molar-refractivity contribution in [1.29, 1.82) is 0 Å². The highest BCUT2D eigenvalue weighted by molar-refractivity contribution is 5.79. The Labute approximate surface area is 154 Å². The van der Waals surface area contributed by atoms with Gasteiger partial charge in [0.15, 0.2) is 11.1 Å². The molecule has 0 amide bonds. The van der Waals surface area contributed by atoms with Gasteiger partial charge in [0.05, 0.1) is 37.8 Å². The molecule has 0 radical (unpaired) electrons. The van der Waals surface area contributed by atoms with Gasteiger partial charge in [0, 0.05) is 13.8 Å². The summed E-state index contributed by atoms with van der Waals surface area (Å²) < 4.78 is 13.3. The molecule has 27 heavy (non-hydrogen) atoms. The summed E-state index contributed by atoms with van der Waals surface area (Å²) in [4.78, 5) is 24.6. The van der Waals surface area contributed by atoms with Gasteiger partial charge in [0.1, 0.15) is 22.9 Å². The van der Waals surface area contributed by atoms with E-state index in [1.165, 1.54) is 13.4 Å². The van der Waals surface area contributed by atoms with Gasteiger partial charge in [-0.25, -0.2) is 4.57 Å². The van der Waals surface area contributed by atoms with Crippen LogP contribution in [0.1, 0.15) is 35.1 Å². The zero-order chi connectivity index (χ0) is 19.9. The summed E-state index contributed by atoms with van der Waals surface area (Å²) in [7, 11) is 3.20. The quantitative estimate of drug-likeness (QED) is 0.523. The average molecular weight is 373 g/mol. The molecule has 0 fully saturated rings. The molecule has 142 valence electrons. The number of carboxylic acids is 1. The van der Waals surface area contributed by atoms with Crippen molar-refractivity contribution in [3.8, 4) is 5.75 Å². The molecular weight excluding hydrogens is 352 g/mol. The van der Waals surface area contributed by atoms with E-state index in [0.29, 0.717) is 22.9 Å². The molecule has 8 nitrogen and oxygen atoms in total. The zero-order valence-electron chi connectivity index (χ0n) is 15.5. The van der Waals surface area contributed by atoms with Crippen LogP contribution in [0, 0.1) is 13.8 Å². The van der Waals surface area contributed by atoms with Crippen LogP contribution in [-0.4, -0.2) is 28.1 Å². The fourth-order valence-electron chi connectivity index (χ4n) is 3.27. The van der Waals surface area contributed by atoms with Gasteiger partial charge in [0.2, 0.25) is 0 Å². The Balaban J connectivity index is 2.29. The molecule has 0 bridgehead atoms. The van der Waals surface area contributed by atoms with Crippen molar-refractivity contribution in [2.45, 2.75) is 26.2 Å². The van der Waals surface area contributed by atoms with E-state index in [-0.39, 0.29) is 22.8 Å². The van der Waals surface area contributed by atoms with Crippen LogP contribution in [0.15, 0.2) is 33.7 Å². The van der Waals surface area contributed by atoms with Crippen LogP contribution < -0.4 is 14.7 Å². The molecule has 0 saturated carbocycles. The third kappa shape index (κ3) is 3.03. The van der Waals surface area contributed by atoms with Gasteiger partial charge in [-0.3, -0.25) is 9.59 Å². The van der Waals surface area contributed by atoms with Crippen molar-refractivity contribution in [1.82, 2.24) is 4.73 Å². The van der Waals surface area contributed by atoms with Crippen LogP contribution in [0.3, 0.4) is 0 Å². The number of carboxylic acid groups (broad SMARTS) is 1. The minimum Gasteiger partial charge on any atom is -0.497 e. The molecule has 2 N–H and O–H groups in total. The maximum atomic E-state index is 13.1. The minimum atomic E-state index is -1.10. The first-order valence-corrected chi connectivity index (χ1v) is 8.34. The van der Waals surface area contributed by atoms with Crippen molar-refractivity contribution >= 4 is 16.9 Å². The molecule has 0 saturated heterocycles. The predicted molar refractivity (Wildman–Crippen MR) is 95.4 cm³/mol. The number of fused-ring (bicyclic) bond motifs is 1. The second kappa shape index (κ2) is 6.79. The Bertz CT molecular complexity index is 1070. The van der Waals surface area contributed by atoms with Gasteiger partial charge in [-0.1, -0.05) is 0 Å². The topological polar surface area (TPSA) is 106 Å². The number of benzene rings is 1. The van der Waals surface area contributed by atoms with E-state index in [1.54, 1.807) is 43.7 Å². The van der Waals surface area contributed by atoms with E-state index in [1.807, 2.05) is 0 Å². The summed E-state index contributed by atoms with van der Waals surface area (Å²) >= 11 is 0. The predicted octanol–water partition coefficient (Wildman–Crippen LogP) is 1.89. The lowest BCUT2D eigenvalue weighted by molar-refractivity contribution is -0.686. The largest absolute Gasteiger partial charge is 0.497 e. The van der Waals surface area contributed by atoms with Crippen molar-refractivity contribution < 1.29 is 28.8 Å². The first-order chi connectivity index (χ1) is 12.8. The van der Waals surface area contributed by atoms with Gasteiger partial charge >= 0.3 is 11.8 Å². The smallest absolute Gasteiger partial charge is 0.304 e. The summed E-state index contributed by atoms with van der Waals surface area (Å²) in [5.41, 5.74) is 1.48. The normalized spacial score (nSPS) is 12.3. The molecule has 1 aromatic carbocycles. The zero-order valence-corrected chi connectivity index (χ0v) is 15.5. The SMILES string of the molecule is COc1ccc2occ([C@@H](CC(=O)O)c3n(O)c(C)c(C)[n+]3C)c(=O)c2c1. The molecule has 0 aliphatic rings. The molecule has 0 aliphatic carbocycles. The number of rotatable bonds is 5. The Hall–Kier alpha value is -3.29. The van der Waals surface area contributed by atoms with Crippen LogP contribution in [0.4, 0.5) is 0 Å². The fourth-order valence-corrected chi connectivity index (χ4v) is 3.27. The van der Waals surface area contributed by atoms with Crippen LogP contribution in [0.2, 0.25) is 0 Å². The Morgan fingerprint density at radius 3 is 2.63 bits per heavy atom. The molecule has 0 spiro atoms. The van der Waals surface area contributed by atoms with E-state index >= 15 is 0 Å². The van der Waals surface area contributed by atoms with Crippen LogP contribution >= 0.6 is 0 Å². The van der Waals surface area contributed by atoms with Crippen molar-refractivity contribution in [3.05, 3.63) is 57.5 Å². The summed E-state index contributed by atoms with van der Waals surface area (Å²) in [6.07, 6.45) is 0.889. The number of imidazole rings is 1. The van der Waals surface area contributed by atoms with Gasteiger partial charge in [-0.05, 0) is 22.9 Å². The third-order valence-corrected chi connectivity index (χ3v) is 4.98.